The number of piperazine rings is 1. The maximum Gasteiger partial charge on any atom is 0.673 e. The van der Waals surface area contributed by atoms with E-state index in [0.717, 1.165) is 19.1 Å². The van der Waals surface area contributed by atoms with Crippen LogP contribution in [0.15, 0.2) is 0 Å². The Morgan fingerprint density at radius 1 is 0.792 bits per heavy atom. The van der Waals surface area contributed by atoms with Gasteiger partial charge in [-0.25, -0.2) is 0 Å². The van der Waals surface area contributed by atoms with E-state index >= 15 is 0 Å². The Hall–Kier alpha value is -0.725. The largest absolute Gasteiger partial charge is 0.673 e. The second-order valence-electron chi connectivity index (χ2n) is 4.17. The van der Waals surface area contributed by atoms with Gasteiger partial charge in [0.1, 0.15) is 0 Å². The van der Waals surface area contributed by atoms with Crippen molar-refractivity contribution in [3.63, 3.8) is 0 Å². The molecule has 0 saturated carbocycles. The van der Waals surface area contributed by atoms with Crippen molar-refractivity contribution in [3.8, 4) is 0 Å². The standard InChI is InChI=1S/C7H16N2.3BF4/c1-3-9-5-4-8-6-7(9)2;3*2-1(3,4)5/h7-8H,3-6H2,1-2H3;;;/q;3*-1. The summed E-state index contributed by atoms with van der Waals surface area (Å²) in [7, 11) is -18.0. The topological polar surface area (TPSA) is 15.3 Å². The van der Waals surface area contributed by atoms with Crippen molar-refractivity contribution in [1.29, 1.82) is 0 Å². The van der Waals surface area contributed by atoms with Crippen LogP contribution in [0.1, 0.15) is 13.8 Å². The van der Waals surface area contributed by atoms with Crippen LogP contribution in [0.5, 0.6) is 0 Å². The molecule has 24 heavy (non-hydrogen) atoms. The Morgan fingerprint density at radius 2 is 1.08 bits per heavy atom. The summed E-state index contributed by atoms with van der Waals surface area (Å²) in [6.45, 7) is 9.24. The van der Waals surface area contributed by atoms with Gasteiger partial charge in [0.2, 0.25) is 0 Å². The quantitative estimate of drug-likeness (QED) is 0.535. The van der Waals surface area contributed by atoms with Crippen molar-refractivity contribution in [2.45, 2.75) is 19.9 Å². The van der Waals surface area contributed by atoms with Crippen LogP contribution in [0.25, 0.3) is 0 Å². The van der Waals surface area contributed by atoms with Crippen molar-refractivity contribution in [1.82, 2.24) is 10.2 Å². The van der Waals surface area contributed by atoms with Gasteiger partial charge in [0, 0.05) is 25.7 Å². The van der Waals surface area contributed by atoms with Crippen LogP contribution in [0.4, 0.5) is 51.8 Å². The molecular weight excluding hydrogens is 373 g/mol. The normalized spacial score (nSPS) is 19.0. The molecule has 1 heterocycles. The number of hydrogen-bond donors (Lipinski definition) is 1. The molecule has 1 aliphatic heterocycles. The second-order valence-corrected chi connectivity index (χ2v) is 4.17. The van der Waals surface area contributed by atoms with Crippen LogP contribution >= 0.6 is 0 Å². The van der Waals surface area contributed by atoms with Crippen molar-refractivity contribution in [2.75, 3.05) is 26.2 Å². The molecule has 0 bridgehead atoms. The van der Waals surface area contributed by atoms with E-state index in [9.17, 15) is 51.8 Å². The van der Waals surface area contributed by atoms with Gasteiger partial charge in [-0.3, -0.25) is 4.90 Å². The molecule has 1 saturated heterocycles. The molecule has 1 aliphatic rings. The molecule has 1 N–H and O–H groups in total. The first kappa shape index (κ1) is 28.1. The summed E-state index contributed by atoms with van der Waals surface area (Å²) >= 11 is 0. The molecule has 0 aromatic carbocycles. The molecule has 1 rings (SSSR count). The summed E-state index contributed by atoms with van der Waals surface area (Å²) in [5, 5.41) is 3.36. The fourth-order valence-electron chi connectivity index (χ4n) is 1.35. The van der Waals surface area contributed by atoms with E-state index in [2.05, 4.69) is 24.1 Å². The van der Waals surface area contributed by atoms with Gasteiger partial charge >= 0.3 is 21.8 Å². The maximum absolute atomic E-state index is 9.75. The van der Waals surface area contributed by atoms with Gasteiger partial charge in [-0.15, -0.1) is 0 Å². The number of halogens is 12. The van der Waals surface area contributed by atoms with Gasteiger partial charge in [-0.1, -0.05) is 6.92 Å². The molecule has 17 heteroatoms. The molecule has 0 aromatic heterocycles. The predicted molar refractivity (Wildman–Crippen MR) is 70.1 cm³/mol. The monoisotopic (exact) mass is 389 g/mol. The van der Waals surface area contributed by atoms with E-state index in [0.29, 0.717) is 0 Å². The number of nitrogens with one attached hydrogen (secondary N) is 1. The molecule has 0 radical (unpaired) electrons. The average molecular weight is 389 g/mol. The first-order valence-corrected chi connectivity index (χ1v) is 6.41. The zero-order chi connectivity index (χ0) is 20.2. The fourth-order valence-corrected chi connectivity index (χ4v) is 1.35. The summed E-state index contributed by atoms with van der Waals surface area (Å²) in [6.07, 6.45) is 0. The van der Waals surface area contributed by atoms with Crippen LogP contribution in [-0.2, 0) is 0 Å². The van der Waals surface area contributed by atoms with Crippen LogP contribution in [-0.4, -0.2) is 58.9 Å². The molecule has 2 nitrogen and oxygen atoms in total. The SMILES string of the molecule is CCN1CCNCC1C.F[B-](F)(F)F.F[B-](F)(F)F.F[B-](F)(F)F. The minimum Gasteiger partial charge on any atom is -0.418 e. The third-order valence-corrected chi connectivity index (χ3v) is 2.05. The molecule has 0 aromatic rings. The number of likely N-dealkylation sites (N-methyl/N-ethyl adjacent to an activating group) is 1. The summed E-state index contributed by atoms with van der Waals surface area (Å²) in [5.74, 6) is 0. The van der Waals surface area contributed by atoms with Gasteiger partial charge in [0.25, 0.3) is 0 Å². The Labute approximate surface area is 131 Å². The summed E-state index contributed by atoms with van der Waals surface area (Å²) in [5.41, 5.74) is 0. The predicted octanol–water partition coefficient (Wildman–Crippen LogP) is 4.20. The number of hydrogen-bond acceptors (Lipinski definition) is 2. The van der Waals surface area contributed by atoms with Crippen LogP contribution in [0.2, 0.25) is 0 Å². The first-order valence-electron chi connectivity index (χ1n) is 6.41. The summed E-state index contributed by atoms with van der Waals surface area (Å²) < 4.78 is 117. The van der Waals surface area contributed by atoms with Crippen molar-refractivity contribution < 1.29 is 51.8 Å². The summed E-state index contributed by atoms with van der Waals surface area (Å²) in [4.78, 5) is 2.50. The zero-order valence-corrected chi connectivity index (χ0v) is 12.6. The molecule has 0 spiro atoms. The first-order chi connectivity index (χ1) is 10.3. The Balaban J connectivity index is -0.000000259. The molecular formula is C7H16B3F12N2-3. The van der Waals surface area contributed by atoms with Gasteiger partial charge in [-0.05, 0) is 13.5 Å². The van der Waals surface area contributed by atoms with E-state index in [1.54, 1.807) is 0 Å². The average Bonchev–Trinajstić information content (AvgIpc) is 2.22. The van der Waals surface area contributed by atoms with E-state index in [1.165, 1.54) is 13.1 Å². The van der Waals surface area contributed by atoms with Crippen LogP contribution in [0.3, 0.4) is 0 Å². The van der Waals surface area contributed by atoms with Crippen LogP contribution < -0.4 is 5.32 Å². The number of rotatable bonds is 1. The molecule has 0 aliphatic carbocycles. The van der Waals surface area contributed by atoms with Gasteiger partial charge in [-0.2, -0.15) is 0 Å². The lowest BCUT2D eigenvalue weighted by Crippen LogP contribution is -2.49. The fraction of sp³-hybridized carbons (Fsp3) is 1.00. The highest BCUT2D eigenvalue weighted by atomic mass is 19.5. The lowest BCUT2D eigenvalue weighted by molar-refractivity contribution is 0.183. The molecule has 1 atom stereocenters. The van der Waals surface area contributed by atoms with Gasteiger partial charge in [0.15, 0.2) is 0 Å². The van der Waals surface area contributed by atoms with Gasteiger partial charge in [0.05, 0.1) is 0 Å². The van der Waals surface area contributed by atoms with Gasteiger partial charge < -0.3 is 57.1 Å². The smallest absolute Gasteiger partial charge is 0.418 e. The Bertz CT molecular complexity index is 247. The summed E-state index contributed by atoms with van der Waals surface area (Å²) in [6, 6.07) is 0.740. The van der Waals surface area contributed by atoms with E-state index in [4.69, 9.17) is 0 Å². The van der Waals surface area contributed by atoms with Crippen molar-refractivity contribution in [3.05, 3.63) is 0 Å². The molecule has 1 unspecified atom stereocenters. The highest BCUT2D eigenvalue weighted by Crippen LogP contribution is 2.07. The maximum atomic E-state index is 9.75. The molecule has 150 valence electrons. The Morgan fingerprint density at radius 3 is 1.25 bits per heavy atom. The lowest BCUT2D eigenvalue weighted by atomic mass is 10.2. The minimum atomic E-state index is -6.00. The second kappa shape index (κ2) is 12.6. The molecule has 0 amide bonds. The van der Waals surface area contributed by atoms with E-state index < -0.39 is 21.8 Å². The van der Waals surface area contributed by atoms with Crippen molar-refractivity contribution >= 4 is 21.8 Å². The highest BCUT2D eigenvalue weighted by Gasteiger charge is 2.21. The third kappa shape index (κ3) is 58.0. The van der Waals surface area contributed by atoms with Crippen molar-refractivity contribution in [2.24, 2.45) is 0 Å². The minimum absolute atomic E-state index is 0.740. The van der Waals surface area contributed by atoms with Crippen LogP contribution in [0, 0.1) is 0 Å². The molecule has 1 fully saturated rings. The zero-order valence-electron chi connectivity index (χ0n) is 12.6. The third-order valence-electron chi connectivity index (χ3n) is 2.05. The Kier molecular flexibility index (Phi) is 14.8. The lowest BCUT2D eigenvalue weighted by Gasteiger charge is -2.32. The van der Waals surface area contributed by atoms with E-state index in [1.807, 2.05) is 0 Å². The highest BCUT2D eigenvalue weighted by molar-refractivity contribution is 6.50. The van der Waals surface area contributed by atoms with E-state index in [-0.39, 0.29) is 0 Å². The number of nitrogens with zero attached hydrogens (tertiary/aromatic N) is 1.